The summed E-state index contributed by atoms with van der Waals surface area (Å²) < 4.78 is 4.92. The number of carbonyl (C=O) groups excluding carboxylic acids is 3. The van der Waals surface area contributed by atoms with E-state index >= 15 is 0 Å². The predicted octanol–water partition coefficient (Wildman–Crippen LogP) is 3.27. The Morgan fingerprint density at radius 1 is 1.07 bits per heavy atom. The second-order valence-electron chi connectivity index (χ2n) is 6.00. The van der Waals surface area contributed by atoms with Crippen molar-refractivity contribution in [1.82, 2.24) is 10.6 Å². The van der Waals surface area contributed by atoms with Gasteiger partial charge in [0.25, 0.3) is 5.91 Å². The maximum atomic E-state index is 11.9. The number of carbonyl (C=O) groups is 3. The molecule has 0 saturated carbocycles. The molecule has 0 aliphatic carbocycles. The van der Waals surface area contributed by atoms with E-state index < -0.39 is 17.9 Å². The van der Waals surface area contributed by atoms with Crippen molar-refractivity contribution in [2.75, 3.05) is 18.5 Å². The zero-order chi connectivity index (χ0) is 20.4. The van der Waals surface area contributed by atoms with E-state index in [-0.39, 0.29) is 25.6 Å². The van der Waals surface area contributed by atoms with Gasteiger partial charge in [0.05, 0.1) is 12.5 Å². The largest absolute Gasteiger partial charge is 0.456 e. The molecule has 0 fully saturated rings. The molecule has 28 heavy (non-hydrogen) atoms. The summed E-state index contributed by atoms with van der Waals surface area (Å²) in [6, 6.07) is 15.4. The minimum atomic E-state index is -0.578. The third-order valence-corrected chi connectivity index (χ3v) is 3.97. The smallest absolute Gasteiger partial charge is 0.319 e. The standard InChI is InChI=1S/C20H22ClN3O4/c1-14(15-6-5-7-16(21)12-15)23-18(25)13-28-19(26)10-11-22-20(27)24-17-8-3-2-4-9-17/h2-9,12,14H,10-11,13H2,1H3,(H,23,25)(H2,22,24,27)/t14-/m1/s1. The molecule has 0 saturated heterocycles. The summed E-state index contributed by atoms with van der Waals surface area (Å²) in [5.74, 6) is -0.999. The number of anilines is 1. The number of para-hydroxylation sites is 1. The number of urea groups is 1. The van der Waals surface area contributed by atoms with Gasteiger partial charge in [-0.25, -0.2) is 4.79 Å². The summed E-state index contributed by atoms with van der Waals surface area (Å²) in [7, 11) is 0. The molecule has 7 nitrogen and oxygen atoms in total. The number of halogens is 1. The molecule has 0 aliphatic rings. The normalized spacial score (nSPS) is 11.2. The fourth-order valence-corrected chi connectivity index (χ4v) is 2.53. The number of rotatable bonds is 8. The number of nitrogens with one attached hydrogen (secondary N) is 3. The molecule has 0 unspecified atom stereocenters. The van der Waals surface area contributed by atoms with Crippen LogP contribution < -0.4 is 16.0 Å². The summed E-state index contributed by atoms with van der Waals surface area (Å²) in [4.78, 5) is 35.3. The Hall–Kier alpha value is -3.06. The van der Waals surface area contributed by atoms with Gasteiger partial charge in [-0.1, -0.05) is 41.9 Å². The first kappa shape index (κ1) is 21.2. The van der Waals surface area contributed by atoms with Crippen molar-refractivity contribution in [3.05, 3.63) is 65.2 Å². The predicted molar refractivity (Wildman–Crippen MR) is 107 cm³/mol. The summed E-state index contributed by atoms with van der Waals surface area (Å²) >= 11 is 5.93. The molecule has 0 bridgehead atoms. The van der Waals surface area contributed by atoms with Gasteiger partial charge in [0, 0.05) is 17.3 Å². The average molecular weight is 404 g/mol. The molecule has 0 radical (unpaired) electrons. The van der Waals surface area contributed by atoms with Gasteiger partial charge in [0.15, 0.2) is 6.61 Å². The second kappa shape index (κ2) is 10.9. The molecule has 2 rings (SSSR count). The van der Waals surface area contributed by atoms with Gasteiger partial charge in [-0.15, -0.1) is 0 Å². The highest BCUT2D eigenvalue weighted by atomic mass is 35.5. The lowest BCUT2D eigenvalue weighted by atomic mass is 10.1. The number of hydrogen-bond donors (Lipinski definition) is 3. The fourth-order valence-electron chi connectivity index (χ4n) is 2.34. The highest BCUT2D eigenvalue weighted by Gasteiger charge is 2.12. The number of ether oxygens (including phenoxy) is 1. The highest BCUT2D eigenvalue weighted by molar-refractivity contribution is 6.30. The first-order valence-corrected chi connectivity index (χ1v) is 9.12. The van der Waals surface area contributed by atoms with Gasteiger partial charge >= 0.3 is 12.0 Å². The van der Waals surface area contributed by atoms with Crippen molar-refractivity contribution in [2.45, 2.75) is 19.4 Å². The summed E-state index contributed by atoms with van der Waals surface area (Å²) in [5.41, 5.74) is 1.49. The molecular weight excluding hydrogens is 382 g/mol. The van der Waals surface area contributed by atoms with Crippen LogP contribution in [0.1, 0.15) is 24.9 Å². The Morgan fingerprint density at radius 3 is 2.54 bits per heavy atom. The molecule has 148 valence electrons. The quantitative estimate of drug-likeness (QED) is 0.589. The SMILES string of the molecule is C[C@@H](NC(=O)COC(=O)CCNC(=O)Nc1ccccc1)c1cccc(Cl)c1. The van der Waals surface area contributed by atoms with Crippen molar-refractivity contribution in [3.63, 3.8) is 0 Å². The van der Waals surface area contributed by atoms with Crippen LogP contribution in [-0.2, 0) is 14.3 Å². The summed E-state index contributed by atoms with van der Waals surface area (Å²) in [5, 5.41) is 8.48. The lowest BCUT2D eigenvalue weighted by molar-refractivity contribution is -0.148. The molecular formula is C20H22ClN3O4. The zero-order valence-corrected chi connectivity index (χ0v) is 16.2. The van der Waals surface area contributed by atoms with E-state index in [0.717, 1.165) is 5.56 Å². The Labute approximate surface area is 168 Å². The molecule has 0 aliphatic heterocycles. The second-order valence-corrected chi connectivity index (χ2v) is 6.44. The molecule has 3 amide bonds. The van der Waals surface area contributed by atoms with Crippen LogP contribution in [0.4, 0.5) is 10.5 Å². The Kier molecular flexibility index (Phi) is 8.30. The summed E-state index contributed by atoms with van der Waals surface area (Å²) in [6.45, 7) is 1.51. The number of hydrogen-bond acceptors (Lipinski definition) is 4. The highest BCUT2D eigenvalue weighted by Crippen LogP contribution is 2.17. The van der Waals surface area contributed by atoms with Gasteiger partial charge in [-0.2, -0.15) is 0 Å². The Morgan fingerprint density at radius 2 is 1.82 bits per heavy atom. The van der Waals surface area contributed by atoms with Gasteiger partial charge in [0.1, 0.15) is 0 Å². The van der Waals surface area contributed by atoms with Gasteiger partial charge in [0.2, 0.25) is 0 Å². The summed E-state index contributed by atoms with van der Waals surface area (Å²) in [6.07, 6.45) is -0.0423. The van der Waals surface area contributed by atoms with Crippen molar-refractivity contribution < 1.29 is 19.1 Å². The van der Waals surface area contributed by atoms with Crippen LogP contribution in [0.15, 0.2) is 54.6 Å². The van der Waals surface area contributed by atoms with E-state index in [1.165, 1.54) is 0 Å². The minimum absolute atomic E-state index is 0.0423. The first-order valence-electron chi connectivity index (χ1n) is 8.74. The van der Waals surface area contributed by atoms with Crippen LogP contribution in [-0.4, -0.2) is 31.1 Å². The third kappa shape index (κ3) is 7.67. The molecule has 0 spiro atoms. The third-order valence-electron chi connectivity index (χ3n) is 3.74. The van der Waals surface area contributed by atoms with Crippen molar-refractivity contribution in [2.24, 2.45) is 0 Å². The van der Waals surface area contributed by atoms with Crippen molar-refractivity contribution >= 4 is 35.2 Å². The molecule has 8 heteroatoms. The van der Waals surface area contributed by atoms with Crippen LogP contribution in [0.25, 0.3) is 0 Å². The lowest BCUT2D eigenvalue weighted by Gasteiger charge is -2.14. The van der Waals surface area contributed by atoms with Gasteiger partial charge in [-0.05, 0) is 36.8 Å². The number of esters is 1. The molecule has 2 aromatic carbocycles. The fraction of sp³-hybridized carbons (Fsp3) is 0.250. The van der Waals surface area contributed by atoms with E-state index in [0.29, 0.717) is 10.7 Å². The molecule has 3 N–H and O–H groups in total. The van der Waals surface area contributed by atoms with E-state index in [1.807, 2.05) is 12.1 Å². The van der Waals surface area contributed by atoms with E-state index in [2.05, 4.69) is 16.0 Å². The molecule has 1 atom stereocenters. The van der Waals surface area contributed by atoms with E-state index in [4.69, 9.17) is 16.3 Å². The Bertz CT molecular complexity index is 814. The minimum Gasteiger partial charge on any atom is -0.456 e. The van der Waals surface area contributed by atoms with Crippen LogP contribution in [0.3, 0.4) is 0 Å². The lowest BCUT2D eigenvalue weighted by Crippen LogP contribution is -2.33. The van der Waals surface area contributed by atoms with Crippen LogP contribution in [0.5, 0.6) is 0 Å². The number of benzene rings is 2. The average Bonchev–Trinajstić information content (AvgIpc) is 2.67. The number of amides is 3. The van der Waals surface area contributed by atoms with E-state index in [1.54, 1.807) is 49.4 Å². The topological polar surface area (TPSA) is 96.5 Å². The maximum Gasteiger partial charge on any atom is 0.319 e. The maximum absolute atomic E-state index is 11.9. The van der Waals surface area contributed by atoms with Crippen molar-refractivity contribution in [1.29, 1.82) is 0 Å². The van der Waals surface area contributed by atoms with Crippen LogP contribution in [0, 0.1) is 0 Å². The van der Waals surface area contributed by atoms with Crippen LogP contribution >= 0.6 is 11.6 Å². The van der Waals surface area contributed by atoms with Crippen molar-refractivity contribution in [3.8, 4) is 0 Å². The molecule has 0 aromatic heterocycles. The monoisotopic (exact) mass is 403 g/mol. The first-order chi connectivity index (χ1) is 13.4. The molecule has 0 heterocycles. The van der Waals surface area contributed by atoms with Gasteiger partial charge in [-0.3, -0.25) is 9.59 Å². The molecule has 2 aromatic rings. The van der Waals surface area contributed by atoms with Gasteiger partial charge < -0.3 is 20.7 Å². The Balaban J connectivity index is 1.62. The van der Waals surface area contributed by atoms with E-state index in [9.17, 15) is 14.4 Å². The zero-order valence-electron chi connectivity index (χ0n) is 15.4. The van der Waals surface area contributed by atoms with Crippen LogP contribution in [0.2, 0.25) is 5.02 Å².